The number of nitrogens with zero attached hydrogens (tertiary/aromatic N) is 3. The van der Waals surface area contributed by atoms with Gasteiger partial charge in [-0.2, -0.15) is 0 Å². The van der Waals surface area contributed by atoms with Gasteiger partial charge in [0.2, 0.25) is 5.91 Å². The highest BCUT2D eigenvalue weighted by atomic mass is 32.2. The van der Waals surface area contributed by atoms with Gasteiger partial charge in [-0.1, -0.05) is 38.0 Å². The Hall–Kier alpha value is -2.75. The maximum atomic E-state index is 13.3. The van der Waals surface area contributed by atoms with Gasteiger partial charge in [0.05, 0.1) is 17.5 Å². The topological polar surface area (TPSA) is 112 Å². The number of rotatable bonds is 5. The van der Waals surface area contributed by atoms with E-state index >= 15 is 0 Å². The van der Waals surface area contributed by atoms with Gasteiger partial charge in [0, 0.05) is 11.7 Å². The molecule has 10 heteroatoms. The van der Waals surface area contributed by atoms with Gasteiger partial charge in [0.25, 0.3) is 0 Å². The molecule has 5 amide bonds. The summed E-state index contributed by atoms with van der Waals surface area (Å²) in [6.45, 7) is 1.35. The van der Waals surface area contributed by atoms with Gasteiger partial charge in [0.15, 0.2) is 9.84 Å². The quantitative estimate of drug-likeness (QED) is 0.486. The summed E-state index contributed by atoms with van der Waals surface area (Å²) >= 11 is 0. The molecule has 1 saturated carbocycles. The average molecular weight is 462 g/mol. The molecule has 172 valence electrons. The molecule has 9 nitrogen and oxygen atoms in total. The number of urea groups is 1. The van der Waals surface area contributed by atoms with Crippen LogP contribution in [0, 0.1) is 5.92 Å². The molecular weight excluding hydrogens is 434 g/mol. The van der Waals surface area contributed by atoms with E-state index in [-0.39, 0.29) is 29.9 Å². The second-order valence-corrected chi connectivity index (χ2v) is 11.1. The highest BCUT2D eigenvalue weighted by molar-refractivity contribution is 7.91. The van der Waals surface area contributed by atoms with Crippen molar-refractivity contribution in [3.8, 4) is 0 Å². The molecule has 1 aliphatic carbocycles. The maximum absolute atomic E-state index is 13.3. The summed E-state index contributed by atoms with van der Waals surface area (Å²) < 4.78 is 24.1. The number of hydrogen-bond acceptors (Lipinski definition) is 6. The number of sulfone groups is 1. The Morgan fingerprint density at radius 2 is 1.72 bits per heavy atom. The fraction of sp³-hybridized carbons (Fsp3) is 0.545. The molecule has 2 heterocycles. The van der Waals surface area contributed by atoms with Crippen LogP contribution in [0.25, 0.3) is 0 Å². The second kappa shape index (κ2) is 8.65. The number of anilines is 1. The third-order valence-corrected chi connectivity index (χ3v) is 8.40. The van der Waals surface area contributed by atoms with Crippen LogP contribution in [0.5, 0.6) is 0 Å². The molecule has 3 fully saturated rings. The van der Waals surface area contributed by atoms with E-state index in [0.29, 0.717) is 17.0 Å². The number of carbonyl (C=O) groups excluding carboxylic acids is 4. The molecule has 0 bridgehead atoms. The standard InChI is InChI=1S/C22H27N3O6S/c1-15-7-5-6-10-18(15)25-21(28)20(27)23(22(25)29)13-19(26)24(16-8-3-2-4-9-16)17-11-12-32(30,31)14-17/h2-4,8-9,15,17-18H,5-7,10-14H2,1H3/t15-,17+,18+/m1/s1. The normalized spacial score (nSPS) is 27.8. The van der Waals surface area contributed by atoms with E-state index in [2.05, 4.69) is 0 Å². The minimum atomic E-state index is -3.27. The lowest BCUT2D eigenvalue weighted by Crippen LogP contribution is -2.49. The summed E-state index contributed by atoms with van der Waals surface area (Å²) in [5.41, 5.74) is 0.489. The van der Waals surface area contributed by atoms with Crippen LogP contribution >= 0.6 is 0 Å². The summed E-state index contributed by atoms with van der Waals surface area (Å²) in [5.74, 6) is -2.61. The highest BCUT2D eigenvalue weighted by Gasteiger charge is 2.50. The molecule has 2 saturated heterocycles. The van der Waals surface area contributed by atoms with Crippen LogP contribution in [-0.4, -0.2) is 72.1 Å². The van der Waals surface area contributed by atoms with Crippen LogP contribution in [0.3, 0.4) is 0 Å². The van der Waals surface area contributed by atoms with Crippen molar-refractivity contribution in [2.45, 2.75) is 51.1 Å². The molecule has 32 heavy (non-hydrogen) atoms. The molecule has 0 N–H and O–H groups in total. The third-order valence-electron chi connectivity index (χ3n) is 6.65. The first-order valence-corrected chi connectivity index (χ1v) is 12.8. The lowest BCUT2D eigenvalue weighted by atomic mass is 9.85. The van der Waals surface area contributed by atoms with Crippen molar-refractivity contribution in [1.82, 2.24) is 9.80 Å². The van der Waals surface area contributed by atoms with Crippen LogP contribution in [0.2, 0.25) is 0 Å². The minimum Gasteiger partial charge on any atom is -0.307 e. The molecule has 0 spiro atoms. The summed E-state index contributed by atoms with van der Waals surface area (Å²) in [5, 5.41) is 0. The van der Waals surface area contributed by atoms with Crippen molar-refractivity contribution in [3.05, 3.63) is 30.3 Å². The summed E-state index contributed by atoms with van der Waals surface area (Å²) in [6, 6.07) is 6.87. The zero-order valence-corrected chi connectivity index (χ0v) is 18.8. The van der Waals surface area contributed by atoms with Gasteiger partial charge in [-0.3, -0.25) is 19.3 Å². The minimum absolute atomic E-state index is 0.0261. The molecule has 1 aromatic rings. The van der Waals surface area contributed by atoms with Crippen LogP contribution in [0.15, 0.2) is 30.3 Å². The molecule has 3 atom stereocenters. The number of carbonyl (C=O) groups is 4. The Bertz CT molecular complexity index is 1040. The van der Waals surface area contributed by atoms with E-state index in [9.17, 15) is 27.6 Å². The molecule has 2 aliphatic heterocycles. The molecule has 1 aromatic carbocycles. The van der Waals surface area contributed by atoms with Crippen molar-refractivity contribution >= 4 is 39.3 Å². The second-order valence-electron chi connectivity index (χ2n) is 8.83. The number of imide groups is 2. The van der Waals surface area contributed by atoms with E-state index in [1.54, 1.807) is 30.3 Å². The monoisotopic (exact) mass is 461 g/mol. The largest absolute Gasteiger partial charge is 0.334 e. The zero-order valence-electron chi connectivity index (χ0n) is 18.0. The molecular formula is C22H27N3O6S. The van der Waals surface area contributed by atoms with Gasteiger partial charge in [-0.15, -0.1) is 0 Å². The van der Waals surface area contributed by atoms with Crippen LogP contribution < -0.4 is 4.90 Å². The molecule has 4 rings (SSSR count). The van der Waals surface area contributed by atoms with Crippen LogP contribution in [-0.2, 0) is 24.2 Å². The van der Waals surface area contributed by atoms with E-state index in [1.807, 2.05) is 6.92 Å². The van der Waals surface area contributed by atoms with E-state index < -0.39 is 46.2 Å². The highest BCUT2D eigenvalue weighted by Crippen LogP contribution is 2.31. The first-order valence-electron chi connectivity index (χ1n) is 11.0. The van der Waals surface area contributed by atoms with E-state index in [4.69, 9.17) is 0 Å². The summed E-state index contributed by atoms with van der Waals surface area (Å²) in [7, 11) is -3.27. The fourth-order valence-electron chi connectivity index (χ4n) is 4.97. The predicted molar refractivity (Wildman–Crippen MR) is 116 cm³/mol. The SMILES string of the molecule is C[C@@H]1CCCC[C@@H]1N1C(=O)C(=O)N(CC(=O)N(c2ccccc2)[C@H]2CCS(=O)(=O)C2)C1=O. The van der Waals surface area contributed by atoms with Gasteiger partial charge >= 0.3 is 17.8 Å². The Labute approximate surface area is 187 Å². The number of benzene rings is 1. The number of hydrogen-bond donors (Lipinski definition) is 0. The Kier molecular flexibility index (Phi) is 6.07. The van der Waals surface area contributed by atoms with Gasteiger partial charge < -0.3 is 4.90 Å². The Morgan fingerprint density at radius 3 is 2.34 bits per heavy atom. The van der Waals surface area contributed by atoms with Crippen molar-refractivity contribution < 1.29 is 27.6 Å². The van der Waals surface area contributed by atoms with Crippen molar-refractivity contribution in [2.24, 2.45) is 5.92 Å². The number of amides is 5. The maximum Gasteiger partial charge on any atom is 0.334 e. The lowest BCUT2D eigenvalue weighted by molar-refractivity contribution is -0.145. The van der Waals surface area contributed by atoms with Crippen molar-refractivity contribution in [2.75, 3.05) is 23.0 Å². The van der Waals surface area contributed by atoms with E-state index in [0.717, 1.165) is 24.2 Å². The van der Waals surface area contributed by atoms with Crippen molar-refractivity contribution in [1.29, 1.82) is 0 Å². The fourth-order valence-corrected chi connectivity index (χ4v) is 6.67. The zero-order chi connectivity index (χ0) is 23.0. The summed E-state index contributed by atoms with van der Waals surface area (Å²) in [6.07, 6.45) is 3.67. The van der Waals surface area contributed by atoms with Crippen LogP contribution in [0.1, 0.15) is 39.0 Å². The molecule has 3 aliphatic rings. The third kappa shape index (κ3) is 4.15. The van der Waals surface area contributed by atoms with Crippen LogP contribution in [0.4, 0.5) is 10.5 Å². The summed E-state index contributed by atoms with van der Waals surface area (Å²) in [4.78, 5) is 54.7. The molecule has 0 radical (unpaired) electrons. The lowest BCUT2D eigenvalue weighted by Gasteiger charge is -2.34. The number of para-hydroxylation sites is 1. The predicted octanol–water partition coefficient (Wildman–Crippen LogP) is 1.58. The van der Waals surface area contributed by atoms with Crippen molar-refractivity contribution in [3.63, 3.8) is 0 Å². The molecule has 0 aromatic heterocycles. The Morgan fingerprint density at radius 1 is 1.03 bits per heavy atom. The average Bonchev–Trinajstić information content (AvgIpc) is 3.21. The first-order chi connectivity index (χ1) is 15.2. The molecule has 0 unspecified atom stereocenters. The smallest absolute Gasteiger partial charge is 0.307 e. The Balaban J connectivity index is 1.57. The first kappa shape index (κ1) is 22.4. The van der Waals surface area contributed by atoms with Gasteiger partial charge in [0.1, 0.15) is 6.54 Å². The van der Waals surface area contributed by atoms with E-state index in [1.165, 1.54) is 4.90 Å². The van der Waals surface area contributed by atoms with Gasteiger partial charge in [-0.05, 0) is 37.3 Å². The van der Waals surface area contributed by atoms with Gasteiger partial charge in [-0.25, -0.2) is 18.1 Å².